The van der Waals surface area contributed by atoms with Gasteiger partial charge in [0.1, 0.15) is 0 Å². The topological polar surface area (TPSA) is 8.17 Å². The fraction of sp³-hybridized carbons (Fsp3) is 0.0250. The van der Waals surface area contributed by atoms with Gasteiger partial charge in [0.25, 0.3) is 0 Å². The van der Waals surface area contributed by atoms with Crippen LogP contribution in [0.4, 0.5) is 17.1 Å². The van der Waals surface area contributed by atoms with Crippen LogP contribution >= 0.6 is 0 Å². The number of hydrogen-bond acceptors (Lipinski definition) is 1. The van der Waals surface area contributed by atoms with Crippen LogP contribution in [0.2, 0.25) is 0 Å². The number of para-hydroxylation sites is 3. The maximum absolute atomic E-state index is 2.53. The molecule has 17 rings (SSSR count). The Bertz CT molecular complexity index is 4800. The number of hydrogen-bond donors (Lipinski definition) is 0. The highest BCUT2D eigenvalue weighted by atomic mass is 15.1. The second kappa shape index (κ2) is 18.0. The van der Waals surface area contributed by atoms with Crippen molar-refractivity contribution in [2.45, 2.75) is 10.8 Å². The summed E-state index contributed by atoms with van der Waals surface area (Å²) in [5.74, 6) is 0. The average Bonchev–Trinajstić information content (AvgIpc) is 1.59. The SMILES string of the molecule is c1ccc(-c2ccc(-c3ccc(N(c4cccc(-c5ccc6c(c5)C5(c7ccccc7-6)c6ccccc6-n6c7ccccc7c7cccc5c76)c4)c4ccc5c(c4)C(c4ccccc4)(c4ccccc4)c4ccccc4-5)cc3)cc2)cc1. The first kappa shape index (κ1) is 46.4. The lowest BCUT2D eigenvalue weighted by Gasteiger charge is -2.39. The van der Waals surface area contributed by atoms with Crippen molar-refractivity contribution < 1.29 is 0 Å². The van der Waals surface area contributed by atoms with Gasteiger partial charge in [-0.15, -0.1) is 0 Å². The number of fused-ring (bicyclic) bond motifs is 15. The van der Waals surface area contributed by atoms with Crippen molar-refractivity contribution in [3.8, 4) is 61.3 Å². The predicted molar refractivity (Wildman–Crippen MR) is 340 cm³/mol. The number of anilines is 3. The molecule has 0 bridgehead atoms. The van der Waals surface area contributed by atoms with Crippen LogP contribution in [0, 0.1) is 0 Å². The monoisotopic (exact) mass is 1040 g/mol. The second-order valence-corrected chi connectivity index (χ2v) is 22.3. The van der Waals surface area contributed by atoms with Gasteiger partial charge in [0, 0.05) is 27.8 Å². The molecule has 3 aliphatic rings. The van der Waals surface area contributed by atoms with Crippen LogP contribution in [0.5, 0.6) is 0 Å². The van der Waals surface area contributed by atoms with E-state index in [2.05, 4.69) is 325 Å². The molecule has 382 valence electrons. The molecule has 82 heavy (non-hydrogen) atoms. The van der Waals surface area contributed by atoms with Crippen molar-refractivity contribution in [3.05, 3.63) is 360 Å². The van der Waals surface area contributed by atoms with Gasteiger partial charge >= 0.3 is 0 Å². The molecule has 2 nitrogen and oxygen atoms in total. The molecule has 0 fully saturated rings. The predicted octanol–water partition coefficient (Wildman–Crippen LogP) is 20.3. The Kier molecular flexibility index (Phi) is 10.2. The molecular formula is C80H52N2. The van der Waals surface area contributed by atoms with Crippen LogP contribution in [0.1, 0.15) is 44.5 Å². The van der Waals surface area contributed by atoms with Crippen molar-refractivity contribution in [2.24, 2.45) is 0 Å². The summed E-state index contributed by atoms with van der Waals surface area (Å²) in [6.45, 7) is 0. The third kappa shape index (κ3) is 6.52. The Morgan fingerprint density at radius 2 is 0.683 bits per heavy atom. The quantitative estimate of drug-likeness (QED) is 0.147. The highest BCUT2D eigenvalue weighted by molar-refractivity contribution is 6.13. The van der Waals surface area contributed by atoms with E-state index >= 15 is 0 Å². The number of benzene rings is 13. The van der Waals surface area contributed by atoms with Crippen molar-refractivity contribution in [1.82, 2.24) is 4.57 Å². The summed E-state index contributed by atoms with van der Waals surface area (Å²) in [6.07, 6.45) is 0. The van der Waals surface area contributed by atoms with Crippen molar-refractivity contribution >= 4 is 38.9 Å². The van der Waals surface area contributed by atoms with E-state index in [1.165, 1.54) is 122 Å². The lowest BCUT2D eigenvalue weighted by atomic mass is 9.65. The molecule has 1 atom stereocenters. The van der Waals surface area contributed by atoms with E-state index in [1.807, 2.05) is 0 Å². The van der Waals surface area contributed by atoms with Gasteiger partial charge in [0.2, 0.25) is 0 Å². The van der Waals surface area contributed by atoms with E-state index in [9.17, 15) is 0 Å². The summed E-state index contributed by atoms with van der Waals surface area (Å²) in [5, 5.41) is 2.56. The van der Waals surface area contributed by atoms with Gasteiger partial charge in [0.05, 0.1) is 27.6 Å². The summed E-state index contributed by atoms with van der Waals surface area (Å²) in [4.78, 5) is 2.47. The smallest absolute Gasteiger partial charge is 0.0754 e. The van der Waals surface area contributed by atoms with Gasteiger partial charge in [0.15, 0.2) is 0 Å². The zero-order valence-corrected chi connectivity index (χ0v) is 44.9. The van der Waals surface area contributed by atoms with Crippen LogP contribution < -0.4 is 4.90 Å². The van der Waals surface area contributed by atoms with E-state index in [4.69, 9.17) is 0 Å². The molecule has 0 saturated carbocycles. The minimum Gasteiger partial charge on any atom is -0.310 e. The minimum atomic E-state index is -0.554. The van der Waals surface area contributed by atoms with Crippen LogP contribution in [-0.4, -0.2) is 4.57 Å². The largest absolute Gasteiger partial charge is 0.310 e. The van der Waals surface area contributed by atoms with E-state index in [1.54, 1.807) is 0 Å². The first-order valence-corrected chi connectivity index (χ1v) is 28.6. The molecule has 13 aromatic carbocycles. The Labute approximate surface area is 477 Å². The first-order valence-electron chi connectivity index (χ1n) is 28.6. The van der Waals surface area contributed by atoms with E-state index in [0.717, 1.165) is 22.6 Å². The molecule has 2 heterocycles. The van der Waals surface area contributed by atoms with E-state index in [0.29, 0.717) is 0 Å². The standard InChI is InChI=1S/C80H52N2/c1-4-20-53(21-5-1)54-38-40-55(41-39-54)56-42-45-61(46-43-56)81(63-47-49-67-64-28-10-13-32-70(64)79(75(67)52-63,59-23-6-2-7-24-59)60-25-8-3-9-26-60)62-27-18-22-57(50-62)58-44-48-66-65-29-11-14-33-71(65)80(74(66)51-58)72-34-15-17-37-77(72)82-76-36-16-12-30-68(76)69-31-19-35-73(80)78(69)82/h1-52H. The average molecular weight is 1040 g/mol. The van der Waals surface area contributed by atoms with Crippen molar-refractivity contribution in [2.75, 3.05) is 4.90 Å². The molecular weight excluding hydrogens is 989 g/mol. The Morgan fingerprint density at radius 1 is 0.244 bits per heavy atom. The fourth-order valence-corrected chi connectivity index (χ4v) is 14.9. The van der Waals surface area contributed by atoms with Gasteiger partial charge in [-0.25, -0.2) is 0 Å². The van der Waals surface area contributed by atoms with Crippen LogP contribution in [0.3, 0.4) is 0 Å². The Hall–Kier alpha value is -10.5. The molecule has 0 saturated heterocycles. The fourth-order valence-electron chi connectivity index (χ4n) is 14.9. The van der Waals surface area contributed by atoms with E-state index < -0.39 is 10.8 Å². The summed E-state index contributed by atoms with van der Waals surface area (Å²) in [6, 6.07) is 118. The number of nitrogens with zero attached hydrogens (tertiary/aromatic N) is 2. The lowest BCUT2D eigenvalue weighted by molar-refractivity contribution is 0.749. The zero-order chi connectivity index (χ0) is 53.9. The summed E-state index contributed by atoms with van der Waals surface area (Å²) < 4.78 is 2.53. The molecule has 2 heteroatoms. The maximum atomic E-state index is 2.53. The third-order valence-electron chi connectivity index (χ3n) is 18.3. The number of aromatic nitrogens is 1. The minimum absolute atomic E-state index is 0.553. The molecule has 1 aliphatic heterocycles. The van der Waals surface area contributed by atoms with Crippen LogP contribution in [0.15, 0.2) is 315 Å². The molecule has 0 N–H and O–H groups in total. The molecule has 1 aromatic heterocycles. The second-order valence-electron chi connectivity index (χ2n) is 22.3. The van der Waals surface area contributed by atoms with Gasteiger partial charge < -0.3 is 9.47 Å². The molecule has 2 aliphatic carbocycles. The number of rotatable bonds is 8. The Balaban J connectivity index is 0.855. The highest BCUT2D eigenvalue weighted by Gasteiger charge is 2.51. The van der Waals surface area contributed by atoms with Gasteiger partial charge in [-0.3, -0.25) is 0 Å². The maximum Gasteiger partial charge on any atom is 0.0754 e. The first-order chi connectivity index (χ1) is 40.7. The van der Waals surface area contributed by atoms with Gasteiger partial charge in [-0.05, 0) is 155 Å². The Morgan fingerprint density at radius 3 is 1.38 bits per heavy atom. The summed E-state index contributed by atoms with van der Waals surface area (Å²) >= 11 is 0. The van der Waals surface area contributed by atoms with Gasteiger partial charge in [-0.1, -0.05) is 261 Å². The molecule has 0 radical (unpaired) electrons. The summed E-state index contributed by atoms with van der Waals surface area (Å²) in [5.41, 5.74) is 28.4. The van der Waals surface area contributed by atoms with Crippen molar-refractivity contribution in [1.29, 1.82) is 0 Å². The molecule has 0 amide bonds. The van der Waals surface area contributed by atoms with Crippen molar-refractivity contribution in [3.63, 3.8) is 0 Å². The zero-order valence-electron chi connectivity index (χ0n) is 44.9. The normalized spacial score (nSPS) is 14.7. The van der Waals surface area contributed by atoms with Crippen LogP contribution in [-0.2, 0) is 10.8 Å². The molecule has 1 spiro atoms. The van der Waals surface area contributed by atoms with Gasteiger partial charge in [-0.2, -0.15) is 0 Å². The van der Waals surface area contributed by atoms with Crippen LogP contribution in [0.25, 0.3) is 83.1 Å². The lowest BCUT2D eigenvalue weighted by Crippen LogP contribution is -2.33. The third-order valence-corrected chi connectivity index (χ3v) is 18.3. The molecule has 1 unspecified atom stereocenters. The highest BCUT2D eigenvalue weighted by Crippen LogP contribution is 2.62. The molecule has 14 aromatic rings. The summed E-state index contributed by atoms with van der Waals surface area (Å²) in [7, 11) is 0. The van der Waals surface area contributed by atoms with E-state index in [-0.39, 0.29) is 0 Å².